The van der Waals surface area contributed by atoms with Crippen molar-refractivity contribution in [3.05, 3.63) is 22.6 Å². The largest absolute Gasteiger partial charge is 0.352 e. The minimum atomic E-state index is -0.0574. The van der Waals surface area contributed by atoms with E-state index in [0.717, 1.165) is 49.7 Å². The molecule has 2 atom stereocenters. The molecule has 4 rings (SSSR count). The van der Waals surface area contributed by atoms with E-state index >= 15 is 0 Å². The molecule has 2 aromatic heterocycles. The van der Waals surface area contributed by atoms with Crippen LogP contribution in [0.2, 0.25) is 0 Å². The third-order valence-corrected chi connectivity index (χ3v) is 6.39. The Balaban J connectivity index is 1.79. The summed E-state index contributed by atoms with van der Waals surface area (Å²) in [6, 6.07) is 2.35. The van der Waals surface area contributed by atoms with Crippen molar-refractivity contribution in [2.24, 2.45) is 5.92 Å². The van der Waals surface area contributed by atoms with Gasteiger partial charge in [0.1, 0.15) is 5.52 Å². The second-order valence-electron chi connectivity index (χ2n) is 8.35. The summed E-state index contributed by atoms with van der Waals surface area (Å²) in [7, 11) is 0. The zero-order chi connectivity index (χ0) is 19.5. The number of rotatable bonds is 6. The maximum absolute atomic E-state index is 12.9. The SMILES string of the molecule is CCCN(CCC)c1nc2c(N3CCC[C@@H]4CCCC[C@H]43)nccc2c(=O)[nH]1. The number of aromatic nitrogens is 3. The third-order valence-electron chi connectivity index (χ3n) is 6.39. The first-order valence-electron chi connectivity index (χ1n) is 11.1. The molecule has 2 aliphatic rings. The van der Waals surface area contributed by atoms with Crippen LogP contribution >= 0.6 is 0 Å². The molecule has 0 amide bonds. The molecule has 28 heavy (non-hydrogen) atoms. The summed E-state index contributed by atoms with van der Waals surface area (Å²) in [5, 5.41) is 0.652. The van der Waals surface area contributed by atoms with Crippen LogP contribution in [0.15, 0.2) is 17.1 Å². The van der Waals surface area contributed by atoms with E-state index in [1.807, 2.05) is 0 Å². The highest BCUT2D eigenvalue weighted by Crippen LogP contribution is 2.38. The van der Waals surface area contributed by atoms with E-state index in [9.17, 15) is 4.79 Å². The van der Waals surface area contributed by atoms with Gasteiger partial charge < -0.3 is 9.80 Å². The summed E-state index contributed by atoms with van der Waals surface area (Å²) in [6.45, 7) is 7.13. The number of hydrogen-bond acceptors (Lipinski definition) is 5. The van der Waals surface area contributed by atoms with Crippen LogP contribution in [0.1, 0.15) is 65.2 Å². The summed E-state index contributed by atoms with van der Waals surface area (Å²) in [4.78, 5) is 30.2. The van der Waals surface area contributed by atoms with Gasteiger partial charge in [0.05, 0.1) is 5.39 Å². The van der Waals surface area contributed by atoms with Crippen molar-refractivity contribution in [1.29, 1.82) is 0 Å². The molecule has 0 spiro atoms. The van der Waals surface area contributed by atoms with Crippen molar-refractivity contribution in [2.45, 2.75) is 71.3 Å². The Labute approximate surface area is 167 Å². The van der Waals surface area contributed by atoms with Crippen LogP contribution in [0.5, 0.6) is 0 Å². The number of fused-ring (bicyclic) bond motifs is 2. The number of nitrogens with zero attached hydrogens (tertiary/aromatic N) is 4. The van der Waals surface area contributed by atoms with E-state index in [1.54, 1.807) is 12.3 Å². The summed E-state index contributed by atoms with van der Waals surface area (Å²) >= 11 is 0. The van der Waals surface area contributed by atoms with Gasteiger partial charge in [0.25, 0.3) is 5.56 Å². The van der Waals surface area contributed by atoms with Gasteiger partial charge in [-0.2, -0.15) is 0 Å². The van der Waals surface area contributed by atoms with Gasteiger partial charge in [-0.05, 0) is 50.5 Å². The Bertz CT molecular complexity index is 856. The minimum Gasteiger partial charge on any atom is -0.352 e. The number of H-pyrrole nitrogens is 1. The third kappa shape index (κ3) is 3.61. The standard InChI is InChI=1S/C22H33N5O/c1-3-13-26(14-4-2)22-24-19-17(21(28)25-22)11-12-23-20(19)27-15-7-9-16-8-5-6-10-18(16)27/h11-12,16,18H,3-10,13-15H2,1-2H3,(H,24,25,28)/t16-,18+/m0/s1. The van der Waals surface area contributed by atoms with Crippen molar-refractivity contribution >= 4 is 22.7 Å². The Morgan fingerprint density at radius 2 is 1.89 bits per heavy atom. The predicted octanol–water partition coefficient (Wildman–Crippen LogP) is 4.10. The molecule has 0 radical (unpaired) electrons. The summed E-state index contributed by atoms with van der Waals surface area (Å²) in [6.07, 6.45) is 11.6. The molecule has 0 aromatic carbocycles. The van der Waals surface area contributed by atoms with E-state index in [1.165, 1.54) is 38.5 Å². The van der Waals surface area contributed by atoms with E-state index in [4.69, 9.17) is 9.97 Å². The van der Waals surface area contributed by atoms with Crippen LogP contribution in [0.3, 0.4) is 0 Å². The molecule has 0 bridgehead atoms. The first-order chi connectivity index (χ1) is 13.7. The van der Waals surface area contributed by atoms with Crippen LogP contribution < -0.4 is 15.4 Å². The summed E-state index contributed by atoms with van der Waals surface area (Å²) in [5.41, 5.74) is 0.711. The first-order valence-corrected chi connectivity index (χ1v) is 11.1. The van der Waals surface area contributed by atoms with E-state index in [0.29, 0.717) is 17.4 Å². The fraction of sp³-hybridized carbons (Fsp3) is 0.682. The van der Waals surface area contributed by atoms with Gasteiger partial charge >= 0.3 is 0 Å². The van der Waals surface area contributed by atoms with Gasteiger partial charge in [0.15, 0.2) is 5.82 Å². The lowest BCUT2D eigenvalue weighted by atomic mass is 9.78. The molecule has 1 saturated carbocycles. The Morgan fingerprint density at radius 3 is 2.68 bits per heavy atom. The number of hydrogen-bond donors (Lipinski definition) is 1. The van der Waals surface area contributed by atoms with Crippen molar-refractivity contribution in [2.75, 3.05) is 29.4 Å². The highest BCUT2D eigenvalue weighted by atomic mass is 16.1. The molecular weight excluding hydrogens is 350 g/mol. The second-order valence-corrected chi connectivity index (χ2v) is 8.35. The normalized spacial score (nSPS) is 22.3. The predicted molar refractivity (Wildman–Crippen MR) is 115 cm³/mol. The number of piperidine rings is 1. The topological polar surface area (TPSA) is 65.1 Å². The van der Waals surface area contributed by atoms with Gasteiger partial charge in [-0.1, -0.05) is 26.7 Å². The number of anilines is 2. The first kappa shape index (κ1) is 19.2. The Morgan fingerprint density at radius 1 is 1.14 bits per heavy atom. The molecule has 2 fully saturated rings. The van der Waals surface area contributed by atoms with Crippen molar-refractivity contribution in [3.63, 3.8) is 0 Å². The Kier molecular flexibility index (Phi) is 5.83. The quantitative estimate of drug-likeness (QED) is 0.813. The maximum Gasteiger partial charge on any atom is 0.260 e. The number of nitrogens with one attached hydrogen (secondary N) is 1. The van der Waals surface area contributed by atoms with Crippen LogP contribution in [-0.4, -0.2) is 40.6 Å². The molecule has 6 nitrogen and oxygen atoms in total. The van der Waals surface area contributed by atoms with E-state index < -0.39 is 0 Å². The van der Waals surface area contributed by atoms with Gasteiger partial charge in [-0.25, -0.2) is 9.97 Å². The fourth-order valence-corrected chi connectivity index (χ4v) is 5.15. The number of pyridine rings is 1. The van der Waals surface area contributed by atoms with Crippen molar-refractivity contribution in [1.82, 2.24) is 15.0 Å². The highest BCUT2D eigenvalue weighted by molar-refractivity contribution is 5.88. The zero-order valence-electron chi connectivity index (χ0n) is 17.3. The molecular formula is C22H33N5O. The fourth-order valence-electron chi connectivity index (χ4n) is 5.15. The van der Waals surface area contributed by atoms with Crippen LogP contribution in [0.25, 0.3) is 10.9 Å². The highest BCUT2D eigenvalue weighted by Gasteiger charge is 2.35. The molecule has 2 aromatic rings. The van der Waals surface area contributed by atoms with Crippen molar-refractivity contribution < 1.29 is 0 Å². The van der Waals surface area contributed by atoms with Gasteiger partial charge in [0.2, 0.25) is 5.95 Å². The summed E-state index contributed by atoms with van der Waals surface area (Å²) < 4.78 is 0. The lowest BCUT2D eigenvalue weighted by molar-refractivity contribution is 0.243. The Hall–Kier alpha value is -2.11. The monoisotopic (exact) mass is 383 g/mol. The molecule has 152 valence electrons. The van der Waals surface area contributed by atoms with Crippen molar-refractivity contribution in [3.8, 4) is 0 Å². The maximum atomic E-state index is 12.9. The average Bonchev–Trinajstić information content (AvgIpc) is 2.73. The molecule has 6 heteroatoms. The average molecular weight is 384 g/mol. The lowest BCUT2D eigenvalue weighted by Crippen LogP contribution is -2.47. The van der Waals surface area contributed by atoms with Gasteiger partial charge in [0, 0.05) is 31.9 Å². The van der Waals surface area contributed by atoms with Gasteiger partial charge in [-0.15, -0.1) is 0 Å². The molecule has 1 aliphatic heterocycles. The van der Waals surface area contributed by atoms with Gasteiger partial charge in [-0.3, -0.25) is 9.78 Å². The number of aromatic amines is 1. The minimum absolute atomic E-state index is 0.0574. The van der Waals surface area contributed by atoms with E-state index in [-0.39, 0.29) is 5.56 Å². The van der Waals surface area contributed by atoms with Crippen LogP contribution in [-0.2, 0) is 0 Å². The lowest BCUT2D eigenvalue weighted by Gasteiger charge is -2.44. The zero-order valence-corrected chi connectivity index (χ0v) is 17.3. The molecule has 1 N–H and O–H groups in total. The van der Waals surface area contributed by atoms with E-state index in [2.05, 4.69) is 28.6 Å². The van der Waals surface area contributed by atoms with Crippen LogP contribution in [0, 0.1) is 5.92 Å². The second kappa shape index (κ2) is 8.50. The smallest absolute Gasteiger partial charge is 0.260 e. The molecule has 1 aliphatic carbocycles. The molecule has 1 saturated heterocycles. The summed E-state index contributed by atoms with van der Waals surface area (Å²) in [5.74, 6) is 2.36. The molecule has 0 unspecified atom stereocenters. The van der Waals surface area contributed by atoms with Crippen LogP contribution in [0.4, 0.5) is 11.8 Å². The molecule has 3 heterocycles.